The van der Waals surface area contributed by atoms with Crippen molar-refractivity contribution in [1.29, 1.82) is 0 Å². The summed E-state index contributed by atoms with van der Waals surface area (Å²) in [5, 5.41) is 12.0. The quantitative estimate of drug-likeness (QED) is 0.405. The highest BCUT2D eigenvalue weighted by molar-refractivity contribution is 7.98. The molecule has 3 aromatic rings. The van der Waals surface area contributed by atoms with E-state index in [0.29, 0.717) is 22.3 Å². The van der Waals surface area contributed by atoms with Crippen molar-refractivity contribution in [1.82, 2.24) is 14.9 Å². The number of halogens is 3. The monoisotopic (exact) mass is 412 g/mol. The molecule has 0 aliphatic heterocycles. The van der Waals surface area contributed by atoms with Crippen LogP contribution in [0.1, 0.15) is 29.3 Å². The van der Waals surface area contributed by atoms with Gasteiger partial charge in [-0.05, 0) is 49.1 Å². The van der Waals surface area contributed by atoms with Crippen LogP contribution in [0.15, 0.2) is 45.0 Å². The molecule has 142 valence electrons. The van der Waals surface area contributed by atoms with Crippen molar-refractivity contribution in [3.8, 4) is 5.75 Å². The molecule has 0 spiro atoms. The average Bonchev–Trinajstić information content (AvgIpc) is 3.27. The predicted octanol–water partition coefficient (Wildman–Crippen LogP) is 4.95. The maximum atomic E-state index is 13.0. The number of nitrogens with zero attached hydrogens (tertiary/aromatic N) is 4. The summed E-state index contributed by atoms with van der Waals surface area (Å²) in [5.74, 6) is 1.09. The summed E-state index contributed by atoms with van der Waals surface area (Å²) < 4.78 is 38.2. The van der Waals surface area contributed by atoms with Crippen molar-refractivity contribution in [3.63, 3.8) is 0 Å². The second-order valence-electron chi connectivity index (χ2n) is 5.41. The molecule has 27 heavy (non-hydrogen) atoms. The van der Waals surface area contributed by atoms with Gasteiger partial charge in [0.05, 0.1) is 6.21 Å². The SMILES string of the molecule is CSc1nnc(C(F)F)n1N=Cc1ccc(COc2ccc(Cl)c(C)c2)o1. The Morgan fingerprint density at radius 2 is 2.15 bits per heavy atom. The van der Waals surface area contributed by atoms with E-state index in [9.17, 15) is 8.78 Å². The van der Waals surface area contributed by atoms with Gasteiger partial charge in [0.25, 0.3) is 6.43 Å². The lowest BCUT2D eigenvalue weighted by molar-refractivity contribution is 0.135. The zero-order chi connectivity index (χ0) is 19.4. The molecular weight excluding hydrogens is 398 g/mol. The molecule has 1 aromatic carbocycles. The first-order valence-corrected chi connectivity index (χ1v) is 9.37. The van der Waals surface area contributed by atoms with Gasteiger partial charge < -0.3 is 9.15 Å². The van der Waals surface area contributed by atoms with Crippen molar-refractivity contribution in [3.05, 3.63) is 58.3 Å². The number of furan rings is 1. The Kier molecular flexibility index (Phi) is 6.12. The molecule has 2 heterocycles. The van der Waals surface area contributed by atoms with Crippen molar-refractivity contribution < 1.29 is 17.9 Å². The Hall–Kier alpha value is -2.39. The number of hydrogen-bond donors (Lipinski definition) is 0. The Balaban J connectivity index is 1.68. The third kappa shape index (κ3) is 4.67. The first-order valence-electron chi connectivity index (χ1n) is 7.77. The van der Waals surface area contributed by atoms with Gasteiger partial charge in [-0.25, -0.2) is 8.78 Å². The van der Waals surface area contributed by atoms with Gasteiger partial charge in [0, 0.05) is 5.02 Å². The third-order valence-electron chi connectivity index (χ3n) is 3.51. The van der Waals surface area contributed by atoms with Crippen molar-refractivity contribution in [2.45, 2.75) is 25.1 Å². The number of aromatic nitrogens is 3. The summed E-state index contributed by atoms with van der Waals surface area (Å²) in [7, 11) is 0. The van der Waals surface area contributed by atoms with Crippen molar-refractivity contribution in [2.75, 3.05) is 6.26 Å². The molecule has 10 heteroatoms. The van der Waals surface area contributed by atoms with Gasteiger partial charge in [0.2, 0.25) is 11.0 Å². The minimum atomic E-state index is -2.78. The van der Waals surface area contributed by atoms with E-state index >= 15 is 0 Å². The van der Waals surface area contributed by atoms with Crippen molar-refractivity contribution >= 4 is 29.6 Å². The molecule has 3 rings (SSSR count). The zero-order valence-corrected chi connectivity index (χ0v) is 16.0. The number of benzene rings is 1. The van der Waals surface area contributed by atoms with Gasteiger partial charge in [-0.2, -0.15) is 9.78 Å². The van der Waals surface area contributed by atoms with Gasteiger partial charge in [0.1, 0.15) is 23.9 Å². The molecule has 0 saturated heterocycles. The maximum Gasteiger partial charge on any atom is 0.299 e. The minimum absolute atomic E-state index is 0.208. The second kappa shape index (κ2) is 8.53. The molecule has 0 amide bonds. The van der Waals surface area contributed by atoms with E-state index in [2.05, 4.69) is 15.3 Å². The molecule has 0 saturated carbocycles. The van der Waals surface area contributed by atoms with Gasteiger partial charge in [-0.3, -0.25) is 0 Å². The van der Waals surface area contributed by atoms with Crippen LogP contribution >= 0.6 is 23.4 Å². The van der Waals surface area contributed by atoms with Gasteiger partial charge in [-0.1, -0.05) is 23.4 Å². The van der Waals surface area contributed by atoms with Crippen LogP contribution in [0.25, 0.3) is 0 Å². The van der Waals surface area contributed by atoms with Crippen LogP contribution in [0.5, 0.6) is 5.75 Å². The molecule has 0 atom stereocenters. The van der Waals surface area contributed by atoms with Crippen LogP contribution in [0.2, 0.25) is 5.02 Å². The van der Waals surface area contributed by atoms with E-state index < -0.39 is 12.2 Å². The molecule has 2 aromatic heterocycles. The number of aryl methyl sites for hydroxylation is 1. The lowest BCUT2D eigenvalue weighted by Crippen LogP contribution is -2.00. The molecule has 0 bridgehead atoms. The molecule has 0 fully saturated rings. The van der Waals surface area contributed by atoms with E-state index in [1.807, 2.05) is 13.0 Å². The smallest absolute Gasteiger partial charge is 0.299 e. The standard InChI is InChI=1S/C17H15ClF2N4O2S/c1-10-7-11(5-6-14(10)18)25-9-13-4-3-12(26-13)8-21-24-16(15(19)20)22-23-17(24)27-2/h3-8,15H,9H2,1-2H3. The Morgan fingerprint density at radius 1 is 1.33 bits per heavy atom. The Bertz CT molecular complexity index is 958. The Morgan fingerprint density at radius 3 is 2.85 bits per heavy atom. The lowest BCUT2D eigenvalue weighted by atomic mass is 10.2. The van der Waals surface area contributed by atoms with E-state index in [1.165, 1.54) is 6.21 Å². The fourth-order valence-electron chi connectivity index (χ4n) is 2.17. The lowest BCUT2D eigenvalue weighted by Gasteiger charge is -2.06. The van der Waals surface area contributed by atoms with Crippen LogP contribution in [-0.2, 0) is 6.61 Å². The van der Waals surface area contributed by atoms with E-state index in [-0.39, 0.29) is 11.8 Å². The third-order valence-corrected chi connectivity index (χ3v) is 4.55. The number of alkyl halides is 2. The number of ether oxygens (including phenoxy) is 1. The highest BCUT2D eigenvalue weighted by Crippen LogP contribution is 2.23. The fourth-order valence-corrected chi connectivity index (χ4v) is 2.72. The normalized spacial score (nSPS) is 11.6. The van der Waals surface area contributed by atoms with Crippen LogP contribution in [0.3, 0.4) is 0 Å². The number of rotatable bonds is 7. The Labute approximate surface area is 163 Å². The van der Waals surface area contributed by atoms with Crippen LogP contribution < -0.4 is 4.74 Å². The number of thioether (sulfide) groups is 1. The summed E-state index contributed by atoms with van der Waals surface area (Å²) >= 11 is 7.15. The van der Waals surface area contributed by atoms with Gasteiger partial charge in [0.15, 0.2) is 0 Å². The van der Waals surface area contributed by atoms with Gasteiger partial charge in [-0.15, -0.1) is 10.2 Å². The molecule has 0 aliphatic rings. The zero-order valence-electron chi connectivity index (χ0n) is 14.4. The topological polar surface area (TPSA) is 65.4 Å². The fraction of sp³-hybridized carbons (Fsp3) is 0.235. The first-order chi connectivity index (χ1) is 13.0. The summed E-state index contributed by atoms with van der Waals surface area (Å²) in [6.45, 7) is 2.10. The summed E-state index contributed by atoms with van der Waals surface area (Å²) in [4.78, 5) is 0. The highest BCUT2D eigenvalue weighted by Gasteiger charge is 2.19. The first kappa shape index (κ1) is 19.4. The second-order valence-corrected chi connectivity index (χ2v) is 6.59. The average molecular weight is 413 g/mol. The predicted molar refractivity (Wildman–Crippen MR) is 99.0 cm³/mol. The largest absolute Gasteiger partial charge is 0.486 e. The van der Waals surface area contributed by atoms with Crippen LogP contribution in [-0.4, -0.2) is 27.3 Å². The summed E-state index contributed by atoms with van der Waals surface area (Å²) in [5.41, 5.74) is 0.912. The summed E-state index contributed by atoms with van der Waals surface area (Å²) in [6, 6.07) is 8.74. The molecular formula is C17H15ClF2N4O2S. The van der Waals surface area contributed by atoms with Gasteiger partial charge >= 0.3 is 0 Å². The summed E-state index contributed by atoms with van der Waals surface area (Å²) in [6.07, 6.45) is 0.246. The highest BCUT2D eigenvalue weighted by atomic mass is 35.5. The van der Waals surface area contributed by atoms with Crippen LogP contribution in [0, 0.1) is 6.92 Å². The minimum Gasteiger partial charge on any atom is -0.486 e. The maximum absolute atomic E-state index is 13.0. The molecule has 0 aliphatic carbocycles. The molecule has 0 radical (unpaired) electrons. The molecule has 0 unspecified atom stereocenters. The van der Waals surface area contributed by atoms with E-state index in [1.54, 1.807) is 30.5 Å². The molecule has 0 N–H and O–H groups in total. The van der Waals surface area contributed by atoms with Crippen molar-refractivity contribution in [2.24, 2.45) is 5.10 Å². The van der Waals surface area contributed by atoms with E-state index in [4.69, 9.17) is 20.8 Å². The molecule has 6 nitrogen and oxygen atoms in total. The number of hydrogen-bond acceptors (Lipinski definition) is 6. The van der Waals surface area contributed by atoms with E-state index in [0.717, 1.165) is 22.0 Å². The van der Waals surface area contributed by atoms with Crippen LogP contribution in [0.4, 0.5) is 8.78 Å².